The molecular formula is C13H18ClNO5S. The summed E-state index contributed by atoms with van der Waals surface area (Å²) in [5, 5.41) is 0.216. The third kappa shape index (κ3) is 3.79. The third-order valence-electron chi connectivity index (χ3n) is 3.24. The van der Waals surface area contributed by atoms with Crippen molar-refractivity contribution in [2.24, 2.45) is 5.73 Å². The van der Waals surface area contributed by atoms with Crippen molar-refractivity contribution in [1.82, 2.24) is 0 Å². The molecule has 2 N–H and O–H groups in total. The maximum Gasteiger partial charge on any atom is 0.180 e. The van der Waals surface area contributed by atoms with Crippen LogP contribution in [0.4, 0.5) is 0 Å². The number of fused-ring (bicyclic) bond motifs is 1. The van der Waals surface area contributed by atoms with Crippen LogP contribution in [-0.4, -0.2) is 47.1 Å². The van der Waals surface area contributed by atoms with Crippen LogP contribution in [0.1, 0.15) is 6.42 Å². The molecule has 1 aromatic rings. The standard InChI is InChI=1S/C13H18ClNO5S/c1-18-8(6-15)3-9-7-19-13-11(14)4-10(21(2,16)17)5-12(13)20-9/h4-5,8-9H,3,6-7,15H2,1-2H3/t8?,9-/m0/s1. The number of benzene rings is 1. The fraction of sp³-hybridized carbons (Fsp3) is 0.538. The summed E-state index contributed by atoms with van der Waals surface area (Å²) in [7, 11) is -1.80. The first-order chi connectivity index (χ1) is 9.85. The molecule has 1 aliphatic heterocycles. The van der Waals surface area contributed by atoms with Gasteiger partial charge in [0.1, 0.15) is 12.7 Å². The normalized spacial score (nSPS) is 19.3. The molecule has 1 aromatic carbocycles. The summed E-state index contributed by atoms with van der Waals surface area (Å²) in [6.07, 6.45) is 1.25. The van der Waals surface area contributed by atoms with E-state index in [1.165, 1.54) is 12.1 Å². The Morgan fingerprint density at radius 1 is 1.52 bits per heavy atom. The molecule has 0 radical (unpaired) electrons. The summed E-state index contributed by atoms with van der Waals surface area (Å²) < 4.78 is 39.8. The van der Waals surface area contributed by atoms with Gasteiger partial charge in [-0.1, -0.05) is 11.6 Å². The van der Waals surface area contributed by atoms with E-state index < -0.39 is 9.84 Å². The number of nitrogens with two attached hydrogens (primary N) is 1. The van der Waals surface area contributed by atoms with E-state index in [9.17, 15) is 8.42 Å². The van der Waals surface area contributed by atoms with E-state index in [-0.39, 0.29) is 22.1 Å². The van der Waals surface area contributed by atoms with Crippen LogP contribution < -0.4 is 15.2 Å². The Hall–Kier alpha value is -1.02. The lowest BCUT2D eigenvalue weighted by molar-refractivity contribution is 0.0254. The van der Waals surface area contributed by atoms with Gasteiger partial charge in [-0.05, 0) is 6.07 Å². The monoisotopic (exact) mass is 335 g/mol. The molecule has 0 fully saturated rings. The van der Waals surface area contributed by atoms with Crippen LogP contribution in [0.5, 0.6) is 11.5 Å². The SMILES string of the molecule is COC(CN)C[C@H]1COc2c(Cl)cc(S(C)(=O)=O)cc2O1. The van der Waals surface area contributed by atoms with E-state index in [0.717, 1.165) is 6.26 Å². The molecule has 0 spiro atoms. The fourth-order valence-corrected chi connectivity index (χ4v) is 3.06. The molecule has 118 valence electrons. The van der Waals surface area contributed by atoms with Crippen LogP contribution in [-0.2, 0) is 14.6 Å². The Kier molecular flexibility index (Phi) is 4.98. The van der Waals surface area contributed by atoms with Crippen LogP contribution in [0.25, 0.3) is 0 Å². The van der Waals surface area contributed by atoms with Crippen molar-refractivity contribution >= 4 is 21.4 Å². The number of methoxy groups -OCH3 is 1. The van der Waals surface area contributed by atoms with E-state index >= 15 is 0 Å². The summed E-state index contributed by atoms with van der Waals surface area (Å²) in [5.41, 5.74) is 5.58. The van der Waals surface area contributed by atoms with E-state index in [2.05, 4.69) is 0 Å². The second kappa shape index (κ2) is 6.39. The minimum atomic E-state index is -3.37. The third-order valence-corrected chi connectivity index (χ3v) is 4.61. The van der Waals surface area contributed by atoms with Gasteiger partial charge in [-0.3, -0.25) is 0 Å². The maximum atomic E-state index is 11.6. The molecule has 0 bridgehead atoms. The highest BCUT2D eigenvalue weighted by Gasteiger charge is 2.27. The van der Waals surface area contributed by atoms with Crippen molar-refractivity contribution in [3.8, 4) is 11.5 Å². The van der Waals surface area contributed by atoms with Crippen molar-refractivity contribution in [2.45, 2.75) is 23.5 Å². The minimum absolute atomic E-state index is 0.0950. The summed E-state index contributed by atoms with van der Waals surface area (Å²) in [4.78, 5) is 0.0950. The molecule has 1 unspecified atom stereocenters. The highest BCUT2D eigenvalue weighted by molar-refractivity contribution is 7.90. The highest BCUT2D eigenvalue weighted by Crippen LogP contribution is 2.41. The van der Waals surface area contributed by atoms with Gasteiger partial charge in [-0.2, -0.15) is 0 Å². The van der Waals surface area contributed by atoms with Crippen molar-refractivity contribution < 1.29 is 22.6 Å². The van der Waals surface area contributed by atoms with Crippen molar-refractivity contribution in [3.05, 3.63) is 17.2 Å². The molecule has 1 aliphatic rings. The lowest BCUT2D eigenvalue weighted by Crippen LogP contribution is -2.36. The zero-order valence-electron chi connectivity index (χ0n) is 11.8. The first kappa shape index (κ1) is 16.4. The van der Waals surface area contributed by atoms with Crippen LogP contribution >= 0.6 is 11.6 Å². The quantitative estimate of drug-likeness (QED) is 0.871. The molecule has 0 amide bonds. The van der Waals surface area contributed by atoms with Gasteiger partial charge in [-0.25, -0.2) is 8.42 Å². The van der Waals surface area contributed by atoms with Crippen LogP contribution in [0.3, 0.4) is 0 Å². The average Bonchev–Trinajstić information content (AvgIpc) is 2.43. The van der Waals surface area contributed by atoms with E-state index in [4.69, 9.17) is 31.5 Å². The predicted molar refractivity (Wildman–Crippen MR) is 78.9 cm³/mol. The number of hydrogen-bond acceptors (Lipinski definition) is 6. The van der Waals surface area contributed by atoms with Crippen LogP contribution in [0, 0.1) is 0 Å². The van der Waals surface area contributed by atoms with Gasteiger partial charge < -0.3 is 19.9 Å². The topological polar surface area (TPSA) is 87.9 Å². The molecule has 2 atom stereocenters. The number of rotatable bonds is 5. The Bertz CT molecular complexity index is 615. The van der Waals surface area contributed by atoms with Gasteiger partial charge in [0.15, 0.2) is 21.3 Å². The Labute approximate surface area is 129 Å². The Morgan fingerprint density at radius 3 is 2.81 bits per heavy atom. The second-order valence-electron chi connectivity index (χ2n) is 4.88. The molecule has 0 aromatic heterocycles. The van der Waals surface area contributed by atoms with Crippen LogP contribution in [0.2, 0.25) is 5.02 Å². The van der Waals surface area contributed by atoms with Crippen molar-refractivity contribution in [3.63, 3.8) is 0 Å². The minimum Gasteiger partial charge on any atom is -0.484 e. The zero-order chi connectivity index (χ0) is 15.6. The molecule has 21 heavy (non-hydrogen) atoms. The van der Waals surface area contributed by atoms with E-state index in [1.807, 2.05) is 0 Å². The Balaban J connectivity index is 2.25. The molecule has 1 heterocycles. The summed E-state index contributed by atoms with van der Waals surface area (Å²) in [6.45, 7) is 0.679. The fourth-order valence-electron chi connectivity index (χ4n) is 2.07. The van der Waals surface area contributed by atoms with Gasteiger partial charge in [0.2, 0.25) is 0 Å². The van der Waals surface area contributed by atoms with Gasteiger partial charge >= 0.3 is 0 Å². The number of hydrogen-bond donors (Lipinski definition) is 1. The Morgan fingerprint density at radius 2 is 2.24 bits per heavy atom. The largest absolute Gasteiger partial charge is 0.484 e. The van der Waals surface area contributed by atoms with Gasteiger partial charge in [0.25, 0.3) is 0 Å². The molecular weight excluding hydrogens is 318 g/mol. The summed E-state index contributed by atoms with van der Waals surface area (Å²) >= 11 is 6.05. The molecule has 2 rings (SSSR count). The molecule has 8 heteroatoms. The van der Waals surface area contributed by atoms with Gasteiger partial charge in [-0.15, -0.1) is 0 Å². The average molecular weight is 336 g/mol. The summed E-state index contributed by atoms with van der Waals surface area (Å²) in [6, 6.07) is 2.78. The predicted octanol–water partition coefficient (Wildman–Crippen LogP) is 1.25. The van der Waals surface area contributed by atoms with Crippen LogP contribution in [0.15, 0.2) is 17.0 Å². The molecule has 0 aliphatic carbocycles. The van der Waals surface area contributed by atoms with Crippen molar-refractivity contribution in [2.75, 3.05) is 26.5 Å². The summed E-state index contributed by atoms with van der Waals surface area (Å²) in [5.74, 6) is 0.688. The lowest BCUT2D eigenvalue weighted by atomic mass is 10.1. The number of sulfone groups is 1. The van der Waals surface area contributed by atoms with E-state index in [1.54, 1.807) is 7.11 Å². The first-order valence-electron chi connectivity index (χ1n) is 6.41. The smallest absolute Gasteiger partial charge is 0.180 e. The van der Waals surface area contributed by atoms with Gasteiger partial charge in [0, 0.05) is 32.4 Å². The van der Waals surface area contributed by atoms with E-state index in [0.29, 0.717) is 31.1 Å². The molecule has 0 saturated heterocycles. The first-order valence-corrected chi connectivity index (χ1v) is 8.68. The highest BCUT2D eigenvalue weighted by atomic mass is 35.5. The maximum absolute atomic E-state index is 11.6. The van der Waals surface area contributed by atoms with Gasteiger partial charge in [0.05, 0.1) is 16.0 Å². The van der Waals surface area contributed by atoms with Crippen molar-refractivity contribution in [1.29, 1.82) is 0 Å². The second-order valence-corrected chi connectivity index (χ2v) is 7.31. The lowest BCUT2D eigenvalue weighted by Gasteiger charge is -2.29. The molecule has 0 saturated carbocycles. The zero-order valence-corrected chi connectivity index (χ0v) is 13.4. The number of halogens is 1. The molecule has 6 nitrogen and oxygen atoms in total. The number of ether oxygens (including phenoxy) is 3.